The third kappa shape index (κ3) is 1.76. The average molecular weight is 269 g/mol. The number of rotatable bonds is 2. The van der Waals surface area contributed by atoms with Gasteiger partial charge in [-0.25, -0.2) is 0 Å². The average Bonchev–Trinajstić information content (AvgIpc) is 2.81. The normalized spacial score (nSPS) is 10.8. The number of phenols is 3. The molecule has 1 aromatic heterocycles. The number of hydrogen-bond donors (Lipinski definition) is 4. The summed E-state index contributed by atoms with van der Waals surface area (Å²) in [6, 6.07) is 8.72. The fraction of sp³-hybridized carbons (Fsp3) is 0. The lowest BCUT2D eigenvalue weighted by Crippen LogP contribution is -2.01. The molecule has 0 amide bonds. The highest BCUT2D eigenvalue weighted by Crippen LogP contribution is 2.32. The number of phenolic OH excluding ortho intramolecular Hbond substituents is 3. The maximum atomic E-state index is 12.5. The molecular formula is C15H11NO4. The summed E-state index contributed by atoms with van der Waals surface area (Å²) < 4.78 is 0. The van der Waals surface area contributed by atoms with Crippen LogP contribution in [-0.2, 0) is 0 Å². The molecule has 3 rings (SSSR count). The lowest BCUT2D eigenvalue weighted by Gasteiger charge is -2.05. The van der Waals surface area contributed by atoms with Gasteiger partial charge in [0, 0.05) is 22.7 Å². The molecule has 0 bridgehead atoms. The zero-order valence-corrected chi connectivity index (χ0v) is 10.3. The molecule has 0 fully saturated rings. The van der Waals surface area contributed by atoms with E-state index in [1.54, 1.807) is 6.07 Å². The van der Waals surface area contributed by atoms with Gasteiger partial charge in [0.2, 0.25) is 5.78 Å². The van der Waals surface area contributed by atoms with E-state index >= 15 is 0 Å². The zero-order chi connectivity index (χ0) is 14.3. The van der Waals surface area contributed by atoms with Gasteiger partial charge in [0.25, 0.3) is 0 Å². The van der Waals surface area contributed by atoms with Crippen LogP contribution in [0, 0.1) is 0 Å². The summed E-state index contributed by atoms with van der Waals surface area (Å²) in [6.45, 7) is 0. The van der Waals surface area contributed by atoms with Gasteiger partial charge in [-0.05, 0) is 30.3 Å². The standard InChI is InChI=1S/C15H11NO4/c17-8-4-5-11-9(6-8)10(7-16-11)15(20)14-12(18)2-1-3-13(14)19/h1-7,16-19H. The molecule has 20 heavy (non-hydrogen) atoms. The van der Waals surface area contributed by atoms with Crippen molar-refractivity contribution in [2.75, 3.05) is 0 Å². The van der Waals surface area contributed by atoms with Crippen molar-refractivity contribution >= 4 is 16.7 Å². The van der Waals surface area contributed by atoms with Gasteiger partial charge in [0.05, 0.1) is 0 Å². The second kappa shape index (κ2) is 4.31. The van der Waals surface area contributed by atoms with Crippen LogP contribution >= 0.6 is 0 Å². The molecule has 2 aromatic carbocycles. The third-order valence-electron chi connectivity index (χ3n) is 3.16. The van der Waals surface area contributed by atoms with Crippen LogP contribution in [0.5, 0.6) is 17.2 Å². The number of ketones is 1. The Morgan fingerprint density at radius 3 is 2.40 bits per heavy atom. The van der Waals surface area contributed by atoms with E-state index in [2.05, 4.69) is 4.98 Å². The highest BCUT2D eigenvalue weighted by Gasteiger charge is 2.20. The van der Waals surface area contributed by atoms with Gasteiger partial charge >= 0.3 is 0 Å². The van der Waals surface area contributed by atoms with Crippen molar-refractivity contribution in [2.24, 2.45) is 0 Å². The minimum Gasteiger partial charge on any atom is -0.508 e. The van der Waals surface area contributed by atoms with Gasteiger partial charge < -0.3 is 20.3 Å². The van der Waals surface area contributed by atoms with Crippen molar-refractivity contribution in [3.05, 3.63) is 53.7 Å². The van der Waals surface area contributed by atoms with Gasteiger partial charge in [-0.15, -0.1) is 0 Å². The van der Waals surface area contributed by atoms with Crippen molar-refractivity contribution < 1.29 is 20.1 Å². The van der Waals surface area contributed by atoms with E-state index in [-0.39, 0.29) is 28.4 Å². The number of nitrogens with one attached hydrogen (secondary N) is 1. The lowest BCUT2D eigenvalue weighted by atomic mass is 10.0. The molecule has 0 saturated heterocycles. The first-order chi connectivity index (χ1) is 9.58. The predicted octanol–water partition coefficient (Wildman–Crippen LogP) is 2.52. The minimum atomic E-state index is -0.516. The van der Waals surface area contributed by atoms with E-state index in [1.165, 1.54) is 36.5 Å². The molecular weight excluding hydrogens is 258 g/mol. The largest absolute Gasteiger partial charge is 0.508 e. The van der Waals surface area contributed by atoms with E-state index in [9.17, 15) is 20.1 Å². The third-order valence-corrected chi connectivity index (χ3v) is 3.16. The van der Waals surface area contributed by atoms with Gasteiger partial charge in [-0.3, -0.25) is 4.79 Å². The van der Waals surface area contributed by atoms with E-state index in [4.69, 9.17) is 0 Å². The Morgan fingerprint density at radius 1 is 1.00 bits per heavy atom. The number of benzene rings is 2. The summed E-state index contributed by atoms with van der Waals surface area (Å²) in [4.78, 5) is 15.4. The Kier molecular flexibility index (Phi) is 2.61. The molecule has 0 aliphatic heterocycles. The van der Waals surface area contributed by atoms with E-state index in [0.29, 0.717) is 10.9 Å². The number of carbonyl (C=O) groups is 1. The summed E-state index contributed by atoms with van der Waals surface area (Å²) >= 11 is 0. The molecule has 5 nitrogen and oxygen atoms in total. The number of hydrogen-bond acceptors (Lipinski definition) is 4. The number of aromatic hydroxyl groups is 3. The van der Waals surface area contributed by atoms with Crippen LogP contribution in [0.2, 0.25) is 0 Å². The van der Waals surface area contributed by atoms with E-state index < -0.39 is 5.78 Å². The Morgan fingerprint density at radius 2 is 1.70 bits per heavy atom. The Labute approximate surface area is 113 Å². The molecule has 1 heterocycles. The summed E-state index contributed by atoms with van der Waals surface area (Å²) in [5.41, 5.74) is 0.797. The van der Waals surface area contributed by atoms with Crippen LogP contribution < -0.4 is 0 Å². The van der Waals surface area contributed by atoms with Crippen molar-refractivity contribution in [1.82, 2.24) is 4.98 Å². The van der Waals surface area contributed by atoms with Crippen molar-refractivity contribution in [3.8, 4) is 17.2 Å². The molecule has 0 spiro atoms. The van der Waals surface area contributed by atoms with Crippen molar-refractivity contribution in [3.63, 3.8) is 0 Å². The van der Waals surface area contributed by atoms with Gasteiger partial charge in [0.1, 0.15) is 22.8 Å². The van der Waals surface area contributed by atoms with Crippen LogP contribution in [0.3, 0.4) is 0 Å². The summed E-state index contributed by atoms with van der Waals surface area (Å²) in [6.07, 6.45) is 1.48. The number of aromatic nitrogens is 1. The first-order valence-corrected chi connectivity index (χ1v) is 5.93. The molecule has 0 aliphatic carbocycles. The maximum absolute atomic E-state index is 12.5. The van der Waals surface area contributed by atoms with Crippen LogP contribution in [0.1, 0.15) is 15.9 Å². The number of fused-ring (bicyclic) bond motifs is 1. The molecule has 0 aliphatic rings. The Bertz CT molecular complexity index is 800. The highest BCUT2D eigenvalue weighted by atomic mass is 16.3. The van der Waals surface area contributed by atoms with Crippen LogP contribution in [-0.4, -0.2) is 26.1 Å². The SMILES string of the molecule is O=C(c1c(O)cccc1O)c1c[nH]c2ccc(O)cc12. The highest BCUT2D eigenvalue weighted by molar-refractivity contribution is 6.18. The van der Waals surface area contributed by atoms with Crippen LogP contribution in [0.25, 0.3) is 10.9 Å². The van der Waals surface area contributed by atoms with Gasteiger partial charge in [-0.1, -0.05) is 6.07 Å². The molecule has 0 saturated carbocycles. The van der Waals surface area contributed by atoms with Crippen LogP contribution in [0.15, 0.2) is 42.6 Å². The fourth-order valence-electron chi connectivity index (χ4n) is 2.19. The molecule has 4 N–H and O–H groups in total. The van der Waals surface area contributed by atoms with Gasteiger partial charge in [0.15, 0.2) is 0 Å². The maximum Gasteiger partial charge on any atom is 0.202 e. The molecule has 5 heteroatoms. The zero-order valence-electron chi connectivity index (χ0n) is 10.3. The van der Waals surface area contributed by atoms with E-state index in [1.807, 2.05) is 0 Å². The second-order valence-corrected chi connectivity index (χ2v) is 4.43. The van der Waals surface area contributed by atoms with Crippen molar-refractivity contribution in [2.45, 2.75) is 0 Å². The van der Waals surface area contributed by atoms with E-state index in [0.717, 1.165) is 0 Å². The number of H-pyrrole nitrogens is 1. The number of carbonyl (C=O) groups excluding carboxylic acids is 1. The van der Waals surface area contributed by atoms with Crippen LogP contribution in [0.4, 0.5) is 0 Å². The first kappa shape index (κ1) is 12.1. The summed E-state index contributed by atoms with van der Waals surface area (Å²) in [5, 5.41) is 29.5. The Balaban J connectivity index is 2.21. The monoisotopic (exact) mass is 269 g/mol. The molecule has 3 aromatic rings. The number of aromatic amines is 1. The quantitative estimate of drug-likeness (QED) is 0.538. The smallest absolute Gasteiger partial charge is 0.202 e. The predicted molar refractivity (Wildman–Crippen MR) is 73.2 cm³/mol. The Hall–Kier alpha value is -2.95. The fourth-order valence-corrected chi connectivity index (χ4v) is 2.19. The molecule has 0 atom stereocenters. The summed E-state index contributed by atoms with van der Waals surface area (Å²) in [5.74, 6) is -1.06. The molecule has 0 unspecified atom stereocenters. The van der Waals surface area contributed by atoms with Crippen molar-refractivity contribution in [1.29, 1.82) is 0 Å². The van der Waals surface area contributed by atoms with Gasteiger partial charge in [-0.2, -0.15) is 0 Å². The summed E-state index contributed by atoms with van der Waals surface area (Å²) in [7, 11) is 0. The first-order valence-electron chi connectivity index (χ1n) is 5.93. The molecule has 100 valence electrons. The second-order valence-electron chi connectivity index (χ2n) is 4.43. The topological polar surface area (TPSA) is 93.5 Å². The lowest BCUT2D eigenvalue weighted by molar-refractivity contribution is 0.103. The molecule has 0 radical (unpaired) electrons. The minimum absolute atomic E-state index is 0.0349.